The molecule has 0 radical (unpaired) electrons. The Balaban J connectivity index is 0.00000210. The number of carbonyl (C=O) groups is 1. The molecule has 1 aliphatic rings. The van der Waals surface area contributed by atoms with Crippen LogP contribution in [0, 0.1) is 0 Å². The van der Waals surface area contributed by atoms with Crippen molar-refractivity contribution in [3.05, 3.63) is 72.2 Å². The van der Waals surface area contributed by atoms with E-state index in [-0.39, 0.29) is 18.3 Å². The van der Waals surface area contributed by atoms with Crippen LogP contribution in [0.3, 0.4) is 0 Å². The summed E-state index contributed by atoms with van der Waals surface area (Å²) in [6.45, 7) is 3.33. The van der Waals surface area contributed by atoms with E-state index in [0.717, 1.165) is 29.4 Å². The second-order valence-corrected chi connectivity index (χ2v) is 6.65. The van der Waals surface area contributed by atoms with Crippen molar-refractivity contribution in [1.29, 1.82) is 0 Å². The topological polar surface area (TPSA) is 56.9 Å². The van der Waals surface area contributed by atoms with Gasteiger partial charge in [-0.15, -0.1) is 12.4 Å². The van der Waals surface area contributed by atoms with Crippen LogP contribution in [0.2, 0.25) is 0 Å². The van der Waals surface area contributed by atoms with E-state index in [1.807, 2.05) is 47.4 Å². The maximum atomic E-state index is 13.0. The first-order valence-corrected chi connectivity index (χ1v) is 8.93. The minimum absolute atomic E-state index is 0. The fourth-order valence-corrected chi connectivity index (χ4v) is 3.53. The highest BCUT2D eigenvalue weighted by molar-refractivity contribution is 6.07. The number of piperazine rings is 1. The molecular weight excluding hydrogens is 364 g/mol. The third-order valence-electron chi connectivity index (χ3n) is 4.98. The summed E-state index contributed by atoms with van der Waals surface area (Å²) in [5.74, 6) is 0.660. The standard InChI is InChI=1S/C21H22N2O3.ClH/c24-19(20-9-4-14-26-20)15-22-10-12-23(13-11-22)21(25)18-8-3-6-16-5-1-2-7-17(16)18;/h1-9,14,19,24H,10-13,15H2;1H. The number of nitrogens with zero attached hydrogens (tertiary/aromatic N) is 2. The number of hydrogen-bond acceptors (Lipinski definition) is 4. The lowest BCUT2D eigenvalue weighted by Gasteiger charge is -2.35. The molecule has 1 saturated heterocycles. The number of amides is 1. The molecule has 6 heteroatoms. The molecule has 1 N–H and O–H groups in total. The van der Waals surface area contributed by atoms with Gasteiger partial charge in [-0.1, -0.05) is 36.4 Å². The summed E-state index contributed by atoms with van der Waals surface area (Å²) < 4.78 is 5.25. The molecule has 1 amide bonds. The van der Waals surface area contributed by atoms with Gasteiger partial charge in [-0.3, -0.25) is 9.69 Å². The third-order valence-corrected chi connectivity index (χ3v) is 4.98. The Kier molecular flexibility index (Phi) is 6.16. The van der Waals surface area contributed by atoms with E-state index in [2.05, 4.69) is 4.90 Å². The summed E-state index contributed by atoms with van der Waals surface area (Å²) >= 11 is 0. The normalized spacial score (nSPS) is 16.1. The number of rotatable bonds is 4. The van der Waals surface area contributed by atoms with Gasteiger partial charge in [-0.05, 0) is 29.0 Å². The highest BCUT2D eigenvalue weighted by Crippen LogP contribution is 2.21. The summed E-state index contributed by atoms with van der Waals surface area (Å²) in [6, 6.07) is 17.4. The predicted octanol–water partition coefficient (Wildman–Crippen LogP) is 3.35. The van der Waals surface area contributed by atoms with Crippen molar-refractivity contribution >= 4 is 29.1 Å². The molecule has 1 unspecified atom stereocenters. The van der Waals surface area contributed by atoms with E-state index in [4.69, 9.17) is 4.42 Å². The number of halogens is 1. The summed E-state index contributed by atoms with van der Waals surface area (Å²) in [5, 5.41) is 12.3. The zero-order valence-corrected chi connectivity index (χ0v) is 15.8. The molecule has 4 rings (SSSR count). The molecule has 2 aromatic carbocycles. The number of hydrogen-bond donors (Lipinski definition) is 1. The van der Waals surface area contributed by atoms with Gasteiger partial charge < -0.3 is 14.4 Å². The van der Waals surface area contributed by atoms with Crippen LogP contribution in [0.1, 0.15) is 22.2 Å². The van der Waals surface area contributed by atoms with Gasteiger partial charge in [0.1, 0.15) is 11.9 Å². The highest BCUT2D eigenvalue weighted by Gasteiger charge is 2.25. The van der Waals surface area contributed by atoms with Gasteiger partial charge in [0.2, 0.25) is 0 Å². The van der Waals surface area contributed by atoms with Crippen LogP contribution in [0.5, 0.6) is 0 Å². The van der Waals surface area contributed by atoms with Gasteiger partial charge in [0.25, 0.3) is 5.91 Å². The smallest absolute Gasteiger partial charge is 0.254 e. The molecule has 0 aliphatic carbocycles. The Hall–Kier alpha value is -2.34. The fraction of sp³-hybridized carbons (Fsp3) is 0.286. The molecule has 0 saturated carbocycles. The van der Waals surface area contributed by atoms with E-state index < -0.39 is 6.10 Å². The number of aliphatic hydroxyl groups is 1. The Morgan fingerprint density at radius 3 is 2.48 bits per heavy atom. The van der Waals surface area contributed by atoms with Crippen molar-refractivity contribution in [2.24, 2.45) is 0 Å². The molecule has 142 valence electrons. The molecule has 1 atom stereocenters. The molecular formula is C21H23ClN2O3. The number of aliphatic hydroxyl groups excluding tert-OH is 1. The van der Waals surface area contributed by atoms with Crippen molar-refractivity contribution in [2.45, 2.75) is 6.10 Å². The first-order valence-electron chi connectivity index (χ1n) is 8.93. The molecule has 0 spiro atoms. The Morgan fingerprint density at radius 2 is 1.74 bits per heavy atom. The van der Waals surface area contributed by atoms with Gasteiger partial charge in [-0.2, -0.15) is 0 Å². The molecule has 1 fully saturated rings. The second-order valence-electron chi connectivity index (χ2n) is 6.65. The number of carbonyl (C=O) groups excluding carboxylic acids is 1. The quantitative estimate of drug-likeness (QED) is 0.747. The van der Waals surface area contributed by atoms with Crippen LogP contribution < -0.4 is 0 Å². The van der Waals surface area contributed by atoms with Crippen molar-refractivity contribution in [1.82, 2.24) is 9.80 Å². The maximum absolute atomic E-state index is 13.0. The van der Waals surface area contributed by atoms with Crippen LogP contribution in [0.4, 0.5) is 0 Å². The summed E-state index contributed by atoms with van der Waals surface area (Å²) in [7, 11) is 0. The summed E-state index contributed by atoms with van der Waals surface area (Å²) in [5.41, 5.74) is 0.757. The van der Waals surface area contributed by atoms with Crippen LogP contribution >= 0.6 is 12.4 Å². The van der Waals surface area contributed by atoms with E-state index in [1.54, 1.807) is 18.4 Å². The zero-order valence-electron chi connectivity index (χ0n) is 15.0. The van der Waals surface area contributed by atoms with E-state index in [1.165, 1.54) is 0 Å². The minimum Gasteiger partial charge on any atom is -0.467 e. The monoisotopic (exact) mass is 386 g/mol. The van der Waals surface area contributed by atoms with Crippen molar-refractivity contribution in [3.63, 3.8) is 0 Å². The van der Waals surface area contributed by atoms with Gasteiger partial charge in [-0.25, -0.2) is 0 Å². The second kappa shape index (κ2) is 8.57. The SMILES string of the molecule is Cl.O=C(c1cccc2ccccc12)N1CCN(CC(O)c2ccco2)CC1. The lowest BCUT2D eigenvalue weighted by molar-refractivity contribution is 0.0487. The van der Waals surface area contributed by atoms with E-state index in [9.17, 15) is 9.90 Å². The molecule has 5 nitrogen and oxygen atoms in total. The predicted molar refractivity (Wildman–Crippen MR) is 107 cm³/mol. The van der Waals surface area contributed by atoms with E-state index >= 15 is 0 Å². The Labute approximate surface area is 164 Å². The zero-order chi connectivity index (χ0) is 17.9. The van der Waals surface area contributed by atoms with Crippen LogP contribution in [-0.2, 0) is 0 Å². The average molecular weight is 387 g/mol. The first-order chi connectivity index (χ1) is 12.7. The number of β-amino-alcohol motifs (C(OH)–C–C–N with tert-alkyl or cyclic N) is 1. The van der Waals surface area contributed by atoms with Crippen molar-refractivity contribution in [2.75, 3.05) is 32.7 Å². The van der Waals surface area contributed by atoms with Crippen LogP contribution in [0.25, 0.3) is 10.8 Å². The average Bonchev–Trinajstić information content (AvgIpc) is 3.23. The number of fused-ring (bicyclic) bond motifs is 1. The van der Waals surface area contributed by atoms with Gasteiger partial charge >= 0.3 is 0 Å². The maximum Gasteiger partial charge on any atom is 0.254 e. The summed E-state index contributed by atoms with van der Waals surface area (Å²) in [4.78, 5) is 17.0. The lowest BCUT2D eigenvalue weighted by Crippen LogP contribution is -2.49. The largest absolute Gasteiger partial charge is 0.467 e. The minimum atomic E-state index is -0.634. The number of benzene rings is 2. The molecule has 1 aromatic heterocycles. The van der Waals surface area contributed by atoms with Gasteiger partial charge in [0, 0.05) is 38.3 Å². The summed E-state index contributed by atoms with van der Waals surface area (Å²) in [6.07, 6.45) is 0.935. The molecule has 2 heterocycles. The molecule has 27 heavy (non-hydrogen) atoms. The van der Waals surface area contributed by atoms with Crippen LogP contribution in [0.15, 0.2) is 65.3 Å². The van der Waals surface area contributed by atoms with Gasteiger partial charge in [0.05, 0.1) is 6.26 Å². The highest BCUT2D eigenvalue weighted by atomic mass is 35.5. The number of furan rings is 1. The van der Waals surface area contributed by atoms with Gasteiger partial charge in [0.15, 0.2) is 0 Å². The van der Waals surface area contributed by atoms with Crippen LogP contribution in [-0.4, -0.2) is 53.5 Å². The van der Waals surface area contributed by atoms with E-state index in [0.29, 0.717) is 25.4 Å². The van der Waals surface area contributed by atoms with Crippen molar-refractivity contribution in [3.8, 4) is 0 Å². The Morgan fingerprint density at radius 1 is 1.00 bits per heavy atom. The fourth-order valence-electron chi connectivity index (χ4n) is 3.53. The molecule has 1 aliphatic heterocycles. The first kappa shape index (κ1) is 19.4. The molecule has 0 bridgehead atoms. The van der Waals surface area contributed by atoms with Crippen molar-refractivity contribution < 1.29 is 14.3 Å². The third kappa shape index (κ3) is 4.16. The Bertz CT molecular complexity index is 884. The molecule has 3 aromatic rings. The lowest BCUT2D eigenvalue weighted by atomic mass is 10.0.